The van der Waals surface area contributed by atoms with Crippen LogP contribution in [-0.2, 0) is 26.2 Å². The van der Waals surface area contributed by atoms with Gasteiger partial charge < -0.3 is 10.2 Å². The molecule has 0 saturated carbocycles. The number of amides is 2. The first-order valence-corrected chi connectivity index (χ1v) is 13.7. The Hall–Kier alpha value is -3.72. The Morgan fingerprint density at radius 1 is 0.921 bits per heavy atom. The predicted octanol–water partition coefficient (Wildman–Crippen LogP) is 4.66. The van der Waals surface area contributed by atoms with Gasteiger partial charge in [0.2, 0.25) is 11.8 Å². The van der Waals surface area contributed by atoms with E-state index in [9.17, 15) is 22.4 Å². The summed E-state index contributed by atoms with van der Waals surface area (Å²) < 4.78 is 43.1. The summed E-state index contributed by atoms with van der Waals surface area (Å²) in [5, 5.41) is 2.87. The van der Waals surface area contributed by atoms with Crippen molar-refractivity contribution in [3.8, 4) is 0 Å². The molecule has 3 rings (SSSR count). The minimum absolute atomic E-state index is 0.0636. The van der Waals surface area contributed by atoms with Gasteiger partial charge in [0.15, 0.2) is 0 Å². The van der Waals surface area contributed by atoms with Gasteiger partial charge in [-0.2, -0.15) is 0 Å². The van der Waals surface area contributed by atoms with Gasteiger partial charge in [0.05, 0.1) is 10.6 Å². The quantitative estimate of drug-likeness (QED) is 0.429. The van der Waals surface area contributed by atoms with Crippen molar-refractivity contribution in [2.24, 2.45) is 0 Å². The fraction of sp³-hybridized carbons (Fsp3) is 0.310. The number of hydrogen-bond donors (Lipinski definition) is 1. The van der Waals surface area contributed by atoms with Gasteiger partial charge in [-0.05, 0) is 64.4 Å². The first-order chi connectivity index (χ1) is 17.8. The maximum atomic E-state index is 14.9. The molecular formula is C29H34FN3O4S. The SMILES string of the molecule is Cc1ccc(S(=O)(=O)N(CC(=O)N(Cc2ccccc2)[C@@H](C)C(=O)NC(C)(C)C)c2ccccc2F)cc1. The van der Waals surface area contributed by atoms with Crippen LogP contribution in [0.15, 0.2) is 83.8 Å². The minimum Gasteiger partial charge on any atom is -0.350 e. The van der Waals surface area contributed by atoms with E-state index in [1.807, 2.05) is 58.0 Å². The van der Waals surface area contributed by atoms with Gasteiger partial charge in [-0.15, -0.1) is 0 Å². The number of carbonyl (C=O) groups excluding carboxylic acids is 2. The highest BCUT2D eigenvalue weighted by Crippen LogP contribution is 2.27. The van der Waals surface area contributed by atoms with E-state index in [1.165, 1.54) is 35.2 Å². The lowest BCUT2D eigenvalue weighted by molar-refractivity contribution is -0.140. The zero-order chi connectivity index (χ0) is 28.1. The number of nitrogens with zero attached hydrogens (tertiary/aromatic N) is 2. The number of rotatable bonds is 9. The monoisotopic (exact) mass is 539 g/mol. The lowest BCUT2D eigenvalue weighted by atomic mass is 10.1. The lowest BCUT2D eigenvalue weighted by Gasteiger charge is -2.33. The maximum Gasteiger partial charge on any atom is 0.264 e. The van der Waals surface area contributed by atoms with E-state index in [0.717, 1.165) is 21.5 Å². The third-order valence-electron chi connectivity index (χ3n) is 5.87. The highest BCUT2D eigenvalue weighted by molar-refractivity contribution is 7.92. The molecule has 0 aromatic heterocycles. The Kier molecular flexibility index (Phi) is 8.93. The van der Waals surface area contributed by atoms with Crippen LogP contribution < -0.4 is 9.62 Å². The van der Waals surface area contributed by atoms with E-state index < -0.39 is 39.9 Å². The van der Waals surface area contributed by atoms with Crippen LogP contribution in [0, 0.1) is 12.7 Å². The highest BCUT2D eigenvalue weighted by atomic mass is 32.2. The number of hydrogen-bond acceptors (Lipinski definition) is 4. The molecule has 0 bridgehead atoms. The maximum absolute atomic E-state index is 14.9. The van der Waals surface area contributed by atoms with Crippen LogP contribution in [0.5, 0.6) is 0 Å². The standard InChI is InChI=1S/C29H34FN3O4S/c1-21-15-17-24(18-16-21)38(36,37)33(26-14-10-9-13-25(26)30)20-27(34)32(19-23-11-7-6-8-12-23)22(2)28(35)31-29(3,4)5/h6-18,22H,19-20H2,1-5H3,(H,31,35)/t22-/m0/s1. The summed E-state index contributed by atoms with van der Waals surface area (Å²) in [7, 11) is -4.32. The molecule has 0 aliphatic carbocycles. The second-order valence-corrected chi connectivity index (χ2v) is 12.1. The molecule has 0 spiro atoms. The van der Waals surface area contributed by atoms with Crippen molar-refractivity contribution in [3.63, 3.8) is 0 Å². The van der Waals surface area contributed by atoms with Gasteiger partial charge >= 0.3 is 0 Å². The number of nitrogens with one attached hydrogen (secondary N) is 1. The molecule has 9 heteroatoms. The number of para-hydroxylation sites is 1. The Bertz CT molecular complexity index is 1370. The number of anilines is 1. The van der Waals surface area contributed by atoms with E-state index >= 15 is 0 Å². The van der Waals surface area contributed by atoms with Crippen LogP contribution in [-0.4, -0.2) is 43.3 Å². The van der Waals surface area contributed by atoms with Crippen molar-refractivity contribution < 1.29 is 22.4 Å². The van der Waals surface area contributed by atoms with Crippen molar-refractivity contribution >= 4 is 27.5 Å². The number of sulfonamides is 1. The summed E-state index contributed by atoms with van der Waals surface area (Å²) in [6, 6.07) is 19.7. The molecule has 0 heterocycles. The summed E-state index contributed by atoms with van der Waals surface area (Å²) in [4.78, 5) is 28.1. The molecule has 0 aliphatic rings. The highest BCUT2D eigenvalue weighted by Gasteiger charge is 2.34. The van der Waals surface area contributed by atoms with E-state index in [0.29, 0.717) is 0 Å². The van der Waals surface area contributed by atoms with Crippen molar-refractivity contribution in [3.05, 3.63) is 95.8 Å². The Morgan fingerprint density at radius 2 is 1.50 bits per heavy atom. The number of halogens is 1. The molecule has 0 unspecified atom stereocenters. The number of benzene rings is 3. The molecule has 1 N–H and O–H groups in total. The Balaban J connectivity index is 2.04. The van der Waals surface area contributed by atoms with Crippen LogP contribution in [0.2, 0.25) is 0 Å². The second kappa shape index (κ2) is 11.8. The van der Waals surface area contributed by atoms with Gasteiger partial charge in [-0.1, -0.05) is 60.2 Å². The zero-order valence-electron chi connectivity index (χ0n) is 22.3. The third-order valence-corrected chi connectivity index (χ3v) is 7.64. The van der Waals surface area contributed by atoms with Gasteiger partial charge in [0.1, 0.15) is 18.4 Å². The molecule has 1 atom stereocenters. The summed E-state index contributed by atoms with van der Waals surface area (Å²) >= 11 is 0. The van der Waals surface area contributed by atoms with Crippen LogP contribution in [0.3, 0.4) is 0 Å². The molecule has 3 aromatic carbocycles. The van der Waals surface area contributed by atoms with Crippen molar-refractivity contribution in [1.29, 1.82) is 0 Å². The zero-order valence-corrected chi connectivity index (χ0v) is 23.1. The molecule has 0 aliphatic heterocycles. The lowest BCUT2D eigenvalue weighted by Crippen LogP contribution is -2.54. The van der Waals surface area contributed by atoms with E-state index in [-0.39, 0.29) is 23.0 Å². The molecular weight excluding hydrogens is 505 g/mol. The first kappa shape index (κ1) is 28.8. The molecule has 38 heavy (non-hydrogen) atoms. The predicted molar refractivity (Wildman–Crippen MR) is 146 cm³/mol. The molecule has 7 nitrogen and oxygen atoms in total. The fourth-order valence-corrected chi connectivity index (χ4v) is 5.26. The van der Waals surface area contributed by atoms with Gasteiger partial charge in [-0.25, -0.2) is 12.8 Å². The van der Waals surface area contributed by atoms with Crippen LogP contribution in [0.25, 0.3) is 0 Å². The number of carbonyl (C=O) groups is 2. The smallest absolute Gasteiger partial charge is 0.264 e. The van der Waals surface area contributed by atoms with Crippen LogP contribution >= 0.6 is 0 Å². The van der Waals surface area contributed by atoms with E-state index in [2.05, 4.69) is 5.32 Å². The average molecular weight is 540 g/mol. The van der Waals surface area contributed by atoms with Crippen molar-refractivity contribution in [2.75, 3.05) is 10.8 Å². The summed E-state index contributed by atoms with van der Waals surface area (Å²) in [5.41, 5.74) is 0.814. The normalized spacial score (nSPS) is 12.5. The first-order valence-electron chi connectivity index (χ1n) is 12.3. The molecule has 2 amide bonds. The van der Waals surface area contributed by atoms with Gasteiger partial charge in [0, 0.05) is 12.1 Å². The van der Waals surface area contributed by atoms with E-state index in [1.54, 1.807) is 19.1 Å². The topological polar surface area (TPSA) is 86.8 Å². The summed E-state index contributed by atoms with van der Waals surface area (Å²) in [5.74, 6) is -1.82. The molecule has 0 saturated heterocycles. The van der Waals surface area contributed by atoms with Crippen molar-refractivity contribution in [2.45, 2.75) is 57.6 Å². The Labute approximate surface area is 224 Å². The van der Waals surface area contributed by atoms with E-state index in [4.69, 9.17) is 0 Å². The average Bonchev–Trinajstić information content (AvgIpc) is 2.85. The van der Waals surface area contributed by atoms with Gasteiger partial charge in [-0.3, -0.25) is 13.9 Å². The fourth-order valence-electron chi connectivity index (χ4n) is 3.84. The summed E-state index contributed by atoms with van der Waals surface area (Å²) in [6.07, 6.45) is 0. The van der Waals surface area contributed by atoms with Gasteiger partial charge in [0.25, 0.3) is 10.0 Å². The molecule has 202 valence electrons. The van der Waals surface area contributed by atoms with Crippen LogP contribution in [0.1, 0.15) is 38.8 Å². The van der Waals surface area contributed by atoms with Crippen molar-refractivity contribution in [1.82, 2.24) is 10.2 Å². The summed E-state index contributed by atoms with van der Waals surface area (Å²) in [6.45, 7) is 8.26. The van der Waals surface area contributed by atoms with Crippen LogP contribution in [0.4, 0.5) is 10.1 Å². The molecule has 3 aromatic rings. The number of aryl methyl sites for hydroxylation is 1. The molecule has 0 fully saturated rings. The largest absolute Gasteiger partial charge is 0.350 e. The minimum atomic E-state index is -4.32. The second-order valence-electron chi connectivity index (χ2n) is 10.2. The Morgan fingerprint density at radius 3 is 2.08 bits per heavy atom. The molecule has 0 radical (unpaired) electrons. The third kappa shape index (κ3) is 7.19.